The molecule has 9 heteroatoms. The molecular formula is C17H23ClN4O4. The second-order valence-electron chi connectivity index (χ2n) is 5.51. The standard InChI is InChI=1S/C17H22N4O4.ClH/c1-21-16(22)11-13(12-20-21)19-6-5-18-7-8-23-14-3-2-4-15-17(14)25-10-9-24-15;/h2-4,11-12,18-19H,5-10H2,1H3;1H. The molecule has 0 fully saturated rings. The Labute approximate surface area is 157 Å². The third kappa shape index (κ3) is 5.27. The lowest BCUT2D eigenvalue weighted by Crippen LogP contribution is -2.27. The fourth-order valence-corrected chi connectivity index (χ4v) is 2.38. The van der Waals surface area contributed by atoms with Crippen LogP contribution in [0.3, 0.4) is 0 Å². The van der Waals surface area contributed by atoms with Crippen molar-refractivity contribution in [2.75, 3.05) is 44.8 Å². The van der Waals surface area contributed by atoms with Gasteiger partial charge in [-0.1, -0.05) is 6.07 Å². The van der Waals surface area contributed by atoms with Crippen LogP contribution in [0.25, 0.3) is 0 Å². The van der Waals surface area contributed by atoms with Crippen LogP contribution in [0, 0.1) is 0 Å². The van der Waals surface area contributed by atoms with Gasteiger partial charge in [0.2, 0.25) is 5.75 Å². The summed E-state index contributed by atoms with van der Waals surface area (Å²) in [6.45, 7) is 3.74. The minimum atomic E-state index is -0.135. The van der Waals surface area contributed by atoms with Crippen LogP contribution in [-0.4, -0.2) is 49.2 Å². The molecule has 1 aromatic heterocycles. The number of nitrogens with zero attached hydrogens (tertiary/aromatic N) is 2. The van der Waals surface area contributed by atoms with Gasteiger partial charge in [-0.3, -0.25) is 4.79 Å². The van der Waals surface area contributed by atoms with Crippen molar-refractivity contribution in [1.29, 1.82) is 0 Å². The molecule has 0 amide bonds. The van der Waals surface area contributed by atoms with Crippen LogP contribution >= 0.6 is 12.4 Å². The predicted molar refractivity (Wildman–Crippen MR) is 101 cm³/mol. The van der Waals surface area contributed by atoms with Gasteiger partial charge in [0.1, 0.15) is 19.8 Å². The van der Waals surface area contributed by atoms with Gasteiger partial charge in [-0.05, 0) is 12.1 Å². The third-order valence-corrected chi connectivity index (χ3v) is 3.67. The topological polar surface area (TPSA) is 86.6 Å². The second-order valence-corrected chi connectivity index (χ2v) is 5.51. The van der Waals surface area contributed by atoms with Crippen LogP contribution in [0.1, 0.15) is 0 Å². The van der Waals surface area contributed by atoms with E-state index in [1.807, 2.05) is 18.2 Å². The first-order valence-electron chi connectivity index (χ1n) is 8.23. The highest BCUT2D eigenvalue weighted by Crippen LogP contribution is 2.38. The van der Waals surface area contributed by atoms with E-state index < -0.39 is 0 Å². The van der Waals surface area contributed by atoms with Crippen LogP contribution in [-0.2, 0) is 7.05 Å². The van der Waals surface area contributed by atoms with Crippen LogP contribution in [0.5, 0.6) is 17.2 Å². The molecule has 0 bridgehead atoms. The third-order valence-electron chi connectivity index (χ3n) is 3.67. The van der Waals surface area contributed by atoms with E-state index in [2.05, 4.69) is 15.7 Å². The number of anilines is 1. The summed E-state index contributed by atoms with van der Waals surface area (Å²) in [6, 6.07) is 7.16. The Morgan fingerprint density at radius 1 is 1.23 bits per heavy atom. The molecule has 26 heavy (non-hydrogen) atoms. The van der Waals surface area contributed by atoms with Gasteiger partial charge in [-0.2, -0.15) is 5.10 Å². The van der Waals surface area contributed by atoms with Crippen molar-refractivity contribution in [3.8, 4) is 17.2 Å². The normalized spacial score (nSPS) is 12.2. The summed E-state index contributed by atoms with van der Waals surface area (Å²) >= 11 is 0. The average Bonchev–Trinajstić information content (AvgIpc) is 2.64. The quantitative estimate of drug-likeness (QED) is 0.660. The molecule has 0 saturated carbocycles. The number of aromatic nitrogens is 2. The Bertz CT molecular complexity index is 769. The van der Waals surface area contributed by atoms with E-state index in [4.69, 9.17) is 14.2 Å². The Morgan fingerprint density at radius 3 is 2.92 bits per heavy atom. The number of para-hydroxylation sites is 1. The fraction of sp³-hybridized carbons (Fsp3) is 0.412. The van der Waals surface area contributed by atoms with E-state index in [1.54, 1.807) is 13.2 Å². The first-order chi connectivity index (χ1) is 12.2. The minimum absolute atomic E-state index is 0. The van der Waals surface area contributed by atoms with Crippen molar-refractivity contribution in [2.45, 2.75) is 0 Å². The van der Waals surface area contributed by atoms with Crippen molar-refractivity contribution in [3.63, 3.8) is 0 Å². The summed E-state index contributed by atoms with van der Waals surface area (Å²) in [5, 5.41) is 10.4. The van der Waals surface area contributed by atoms with Crippen molar-refractivity contribution in [2.24, 2.45) is 7.05 Å². The Morgan fingerprint density at radius 2 is 2.08 bits per heavy atom. The van der Waals surface area contributed by atoms with Crippen molar-refractivity contribution in [1.82, 2.24) is 15.1 Å². The first-order valence-corrected chi connectivity index (χ1v) is 8.23. The van der Waals surface area contributed by atoms with Gasteiger partial charge >= 0.3 is 0 Å². The molecule has 0 unspecified atom stereocenters. The summed E-state index contributed by atoms with van der Waals surface area (Å²) in [4.78, 5) is 11.5. The minimum Gasteiger partial charge on any atom is -0.488 e. The van der Waals surface area contributed by atoms with E-state index in [9.17, 15) is 4.79 Å². The molecule has 2 heterocycles. The molecule has 1 aromatic carbocycles. The number of halogens is 1. The highest BCUT2D eigenvalue weighted by atomic mass is 35.5. The lowest BCUT2D eigenvalue weighted by Gasteiger charge is -2.20. The van der Waals surface area contributed by atoms with E-state index in [1.165, 1.54) is 10.7 Å². The smallest absolute Gasteiger partial charge is 0.268 e. The number of hydrogen-bond donors (Lipinski definition) is 2. The van der Waals surface area contributed by atoms with E-state index in [0.717, 1.165) is 12.3 Å². The van der Waals surface area contributed by atoms with Gasteiger partial charge in [-0.15, -0.1) is 12.4 Å². The summed E-state index contributed by atoms with van der Waals surface area (Å²) in [6.07, 6.45) is 1.63. The Balaban J connectivity index is 0.00000243. The monoisotopic (exact) mass is 382 g/mol. The van der Waals surface area contributed by atoms with E-state index >= 15 is 0 Å². The molecule has 142 valence electrons. The molecule has 0 radical (unpaired) electrons. The number of rotatable bonds is 8. The van der Waals surface area contributed by atoms with Crippen LogP contribution in [0.2, 0.25) is 0 Å². The molecule has 1 aliphatic heterocycles. The second kappa shape index (κ2) is 9.88. The summed E-state index contributed by atoms with van der Waals surface area (Å²) < 4.78 is 18.2. The van der Waals surface area contributed by atoms with Gasteiger partial charge in [-0.25, -0.2) is 4.68 Å². The number of ether oxygens (including phenoxy) is 3. The van der Waals surface area contributed by atoms with Gasteiger partial charge in [0.25, 0.3) is 5.56 Å². The maximum atomic E-state index is 11.5. The summed E-state index contributed by atoms with van der Waals surface area (Å²) in [5.74, 6) is 2.10. The highest BCUT2D eigenvalue weighted by Gasteiger charge is 2.16. The molecule has 0 saturated heterocycles. The summed E-state index contributed by atoms with van der Waals surface area (Å²) in [5.41, 5.74) is 0.581. The highest BCUT2D eigenvalue weighted by molar-refractivity contribution is 5.85. The van der Waals surface area contributed by atoms with Crippen molar-refractivity contribution < 1.29 is 14.2 Å². The fourth-order valence-electron chi connectivity index (χ4n) is 2.38. The Kier molecular flexibility index (Phi) is 7.55. The largest absolute Gasteiger partial charge is 0.488 e. The first kappa shape index (κ1) is 19.9. The number of nitrogens with one attached hydrogen (secondary N) is 2. The average molecular weight is 383 g/mol. The van der Waals surface area contributed by atoms with Crippen LogP contribution in [0.4, 0.5) is 5.69 Å². The number of hydrogen-bond acceptors (Lipinski definition) is 7. The molecule has 0 aliphatic carbocycles. The van der Waals surface area contributed by atoms with Crippen LogP contribution < -0.4 is 30.4 Å². The Hall–Kier alpha value is -2.45. The SMILES string of the molecule is Cl.Cn1ncc(NCCNCCOc2cccc3c2OCCO3)cc1=O. The molecular weight excluding hydrogens is 360 g/mol. The van der Waals surface area contributed by atoms with Gasteiger partial charge in [0.05, 0.1) is 11.9 Å². The van der Waals surface area contributed by atoms with Gasteiger partial charge in [0, 0.05) is 32.7 Å². The van der Waals surface area contributed by atoms with E-state index in [0.29, 0.717) is 50.1 Å². The molecule has 2 aromatic rings. The number of fused-ring (bicyclic) bond motifs is 1. The molecule has 3 rings (SSSR count). The summed E-state index contributed by atoms with van der Waals surface area (Å²) in [7, 11) is 1.62. The zero-order valence-electron chi connectivity index (χ0n) is 14.6. The number of benzene rings is 1. The van der Waals surface area contributed by atoms with Gasteiger partial charge in [0.15, 0.2) is 11.5 Å². The van der Waals surface area contributed by atoms with Crippen LogP contribution in [0.15, 0.2) is 35.3 Å². The van der Waals surface area contributed by atoms with E-state index in [-0.39, 0.29) is 18.0 Å². The zero-order valence-corrected chi connectivity index (χ0v) is 15.4. The molecule has 0 spiro atoms. The molecule has 1 aliphatic rings. The predicted octanol–water partition coefficient (Wildman–Crippen LogP) is 1.05. The van der Waals surface area contributed by atoms with Crippen molar-refractivity contribution >= 4 is 18.1 Å². The van der Waals surface area contributed by atoms with Gasteiger partial charge < -0.3 is 24.8 Å². The molecule has 0 atom stereocenters. The molecule has 2 N–H and O–H groups in total. The lowest BCUT2D eigenvalue weighted by molar-refractivity contribution is 0.162. The zero-order chi connectivity index (χ0) is 17.5. The lowest BCUT2D eigenvalue weighted by atomic mass is 10.3. The maximum absolute atomic E-state index is 11.5. The number of aryl methyl sites for hydroxylation is 1. The maximum Gasteiger partial charge on any atom is 0.268 e. The van der Waals surface area contributed by atoms with Crippen molar-refractivity contribution in [3.05, 3.63) is 40.8 Å². The molecule has 8 nitrogen and oxygen atoms in total.